The van der Waals surface area contributed by atoms with Crippen molar-refractivity contribution < 1.29 is 14.0 Å². The molecule has 1 fully saturated rings. The van der Waals surface area contributed by atoms with E-state index in [2.05, 4.69) is 16.0 Å². The number of anilines is 1. The second kappa shape index (κ2) is 6.44. The van der Waals surface area contributed by atoms with Crippen LogP contribution in [0.5, 0.6) is 0 Å². The van der Waals surface area contributed by atoms with Crippen molar-refractivity contribution in [2.45, 2.75) is 0 Å². The molecule has 1 aliphatic heterocycles. The Labute approximate surface area is 127 Å². The summed E-state index contributed by atoms with van der Waals surface area (Å²) in [6, 6.07) is 10.1. The van der Waals surface area contributed by atoms with Crippen LogP contribution in [0.3, 0.4) is 0 Å². The van der Waals surface area contributed by atoms with E-state index in [1.54, 1.807) is 36.4 Å². The highest BCUT2D eigenvalue weighted by Crippen LogP contribution is 2.13. The number of benzene rings is 1. The van der Waals surface area contributed by atoms with Crippen LogP contribution in [-0.2, 0) is 0 Å². The zero-order chi connectivity index (χ0) is 15.4. The summed E-state index contributed by atoms with van der Waals surface area (Å²) in [6.45, 7) is 2.55. The van der Waals surface area contributed by atoms with Crippen LogP contribution in [0.1, 0.15) is 20.9 Å². The van der Waals surface area contributed by atoms with Gasteiger partial charge in [0.05, 0.1) is 6.26 Å². The molecule has 2 aromatic rings. The quantitative estimate of drug-likeness (QED) is 0.781. The van der Waals surface area contributed by atoms with Crippen LogP contribution in [-0.4, -0.2) is 31.4 Å². The lowest BCUT2D eigenvalue weighted by Crippen LogP contribution is -2.48. The molecule has 0 aliphatic carbocycles. The summed E-state index contributed by atoms with van der Waals surface area (Å²) in [4.78, 5) is 24.0. The van der Waals surface area contributed by atoms with Gasteiger partial charge in [0.15, 0.2) is 5.76 Å². The van der Waals surface area contributed by atoms with E-state index in [1.165, 1.54) is 6.26 Å². The second-order valence-electron chi connectivity index (χ2n) is 5.25. The molecule has 2 amide bonds. The van der Waals surface area contributed by atoms with Gasteiger partial charge in [0.25, 0.3) is 11.8 Å². The van der Waals surface area contributed by atoms with Crippen LogP contribution in [0, 0.1) is 5.92 Å². The first-order valence-electron chi connectivity index (χ1n) is 7.16. The minimum atomic E-state index is -0.344. The van der Waals surface area contributed by atoms with E-state index >= 15 is 0 Å². The van der Waals surface area contributed by atoms with E-state index in [9.17, 15) is 9.59 Å². The van der Waals surface area contributed by atoms with Crippen LogP contribution in [0.4, 0.5) is 5.69 Å². The maximum absolute atomic E-state index is 12.1. The Bertz CT molecular complexity index is 663. The van der Waals surface area contributed by atoms with Crippen molar-refractivity contribution >= 4 is 17.5 Å². The number of carbonyl (C=O) groups is 2. The Kier molecular flexibility index (Phi) is 4.20. The largest absolute Gasteiger partial charge is 0.459 e. The van der Waals surface area contributed by atoms with Crippen molar-refractivity contribution in [3.05, 3.63) is 54.0 Å². The average Bonchev–Trinajstić information content (AvgIpc) is 3.00. The summed E-state index contributed by atoms with van der Waals surface area (Å²) < 4.78 is 5.03. The van der Waals surface area contributed by atoms with E-state index in [0.29, 0.717) is 23.7 Å². The highest BCUT2D eigenvalue weighted by Gasteiger charge is 2.17. The van der Waals surface area contributed by atoms with Gasteiger partial charge < -0.3 is 20.4 Å². The van der Waals surface area contributed by atoms with Gasteiger partial charge >= 0.3 is 0 Å². The molecule has 1 aliphatic rings. The molecular weight excluding hydrogens is 282 g/mol. The Morgan fingerprint density at radius 3 is 2.73 bits per heavy atom. The summed E-state index contributed by atoms with van der Waals surface area (Å²) in [5, 5.41) is 8.76. The summed E-state index contributed by atoms with van der Waals surface area (Å²) in [7, 11) is 0. The maximum Gasteiger partial charge on any atom is 0.291 e. The lowest BCUT2D eigenvalue weighted by molar-refractivity contribution is 0.0940. The van der Waals surface area contributed by atoms with Gasteiger partial charge in [-0.1, -0.05) is 6.07 Å². The SMILES string of the molecule is O=C(NCC1CNC1)c1cccc(NC(=O)c2ccco2)c1. The lowest BCUT2D eigenvalue weighted by atomic mass is 10.0. The Balaban J connectivity index is 1.61. The van der Waals surface area contributed by atoms with Gasteiger partial charge in [-0.15, -0.1) is 0 Å². The molecule has 0 spiro atoms. The molecule has 0 saturated carbocycles. The third-order valence-electron chi connectivity index (χ3n) is 3.54. The molecule has 0 radical (unpaired) electrons. The number of rotatable bonds is 5. The Morgan fingerprint density at radius 2 is 2.05 bits per heavy atom. The minimum Gasteiger partial charge on any atom is -0.459 e. The fourth-order valence-corrected chi connectivity index (χ4v) is 2.17. The van der Waals surface area contributed by atoms with Crippen molar-refractivity contribution in [1.29, 1.82) is 0 Å². The van der Waals surface area contributed by atoms with Gasteiger partial charge in [0.1, 0.15) is 0 Å². The average molecular weight is 299 g/mol. The van der Waals surface area contributed by atoms with Crippen LogP contribution in [0.15, 0.2) is 47.1 Å². The van der Waals surface area contributed by atoms with E-state index in [0.717, 1.165) is 13.1 Å². The van der Waals surface area contributed by atoms with Crippen molar-refractivity contribution in [2.75, 3.05) is 25.0 Å². The molecule has 1 saturated heterocycles. The van der Waals surface area contributed by atoms with Crippen LogP contribution >= 0.6 is 0 Å². The van der Waals surface area contributed by atoms with Gasteiger partial charge in [-0.2, -0.15) is 0 Å². The smallest absolute Gasteiger partial charge is 0.291 e. The van der Waals surface area contributed by atoms with Crippen molar-refractivity contribution in [3.63, 3.8) is 0 Å². The summed E-state index contributed by atoms with van der Waals surface area (Å²) in [6.07, 6.45) is 1.44. The van der Waals surface area contributed by atoms with Crippen LogP contribution < -0.4 is 16.0 Å². The molecule has 0 bridgehead atoms. The Hall–Kier alpha value is -2.60. The molecule has 0 unspecified atom stereocenters. The predicted molar refractivity (Wildman–Crippen MR) is 81.8 cm³/mol. The molecule has 6 nitrogen and oxygen atoms in total. The zero-order valence-corrected chi connectivity index (χ0v) is 12.0. The highest BCUT2D eigenvalue weighted by molar-refractivity contribution is 6.03. The van der Waals surface area contributed by atoms with Gasteiger partial charge in [-0.3, -0.25) is 9.59 Å². The lowest BCUT2D eigenvalue weighted by Gasteiger charge is -2.27. The Morgan fingerprint density at radius 1 is 1.18 bits per heavy atom. The van der Waals surface area contributed by atoms with E-state index in [1.807, 2.05) is 0 Å². The predicted octanol–water partition coefficient (Wildman–Crippen LogP) is 1.48. The van der Waals surface area contributed by atoms with Gasteiger partial charge in [0.2, 0.25) is 0 Å². The molecule has 3 N–H and O–H groups in total. The fourth-order valence-electron chi connectivity index (χ4n) is 2.17. The molecular formula is C16H17N3O3. The van der Waals surface area contributed by atoms with Crippen LogP contribution in [0.25, 0.3) is 0 Å². The fraction of sp³-hybridized carbons (Fsp3) is 0.250. The topological polar surface area (TPSA) is 83.4 Å². The van der Waals surface area contributed by atoms with E-state index in [4.69, 9.17) is 4.42 Å². The number of furan rings is 1. The second-order valence-corrected chi connectivity index (χ2v) is 5.25. The van der Waals surface area contributed by atoms with Crippen molar-refractivity contribution in [1.82, 2.24) is 10.6 Å². The van der Waals surface area contributed by atoms with E-state index in [-0.39, 0.29) is 17.6 Å². The normalized spacial score (nSPS) is 14.2. The molecule has 22 heavy (non-hydrogen) atoms. The third kappa shape index (κ3) is 3.35. The number of hydrogen-bond acceptors (Lipinski definition) is 4. The first-order chi connectivity index (χ1) is 10.7. The molecule has 1 aromatic heterocycles. The number of hydrogen-bond donors (Lipinski definition) is 3. The maximum atomic E-state index is 12.1. The van der Waals surface area contributed by atoms with Crippen LogP contribution in [0.2, 0.25) is 0 Å². The monoisotopic (exact) mass is 299 g/mol. The van der Waals surface area contributed by atoms with Gasteiger partial charge in [-0.05, 0) is 30.3 Å². The van der Waals surface area contributed by atoms with Crippen molar-refractivity contribution in [2.24, 2.45) is 5.92 Å². The zero-order valence-electron chi connectivity index (χ0n) is 12.0. The first kappa shape index (κ1) is 14.3. The summed E-state index contributed by atoms with van der Waals surface area (Å²) in [5.41, 5.74) is 1.07. The highest BCUT2D eigenvalue weighted by atomic mass is 16.3. The number of carbonyl (C=O) groups excluding carboxylic acids is 2. The number of amides is 2. The molecule has 2 heterocycles. The minimum absolute atomic E-state index is 0.138. The van der Waals surface area contributed by atoms with Crippen molar-refractivity contribution in [3.8, 4) is 0 Å². The standard InChI is InChI=1S/C16H17N3O3/c20-15(18-10-11-8-17-9-11)12-3-1-4-13(7-12)19-16(21)14-5-2-6-22-14/h1-7,11,17H,8-10H2,(H,18,20)(H,19,21). The number of nitrogens with one attached hydrogen (secondary N) is 3. The first-order valence-corrected chi connectivity index (χ1v) is 7.16. The molecule has 1 aromatic carbocycles. The molecule has 3 rings (SSSR count). The molecule has 114 valence electrons. The van der Waals surface area contributed by atoms with Gasteiger partial charge in [0, 0.05) is 36.8 Å². The molecule has 6 heteroatoms. The third-order valence-corrected chi connectivity index (χ3v) is 3.54. The summed E-state index contributed by atoms with van der Waals surface area (Å²) >= 11 is 0. The summed E-state index contributed by atoms with van der Waals surface area (Å²) in [5.74, 6) is 0.252. The molecule has 0 atom stereocenters. The van der Waals surface area contributed by atoms with Gasteiger partial charge in [-0.25, -0.2) is 0 Å². The van der Waals surface area contributed by atoms with E-state index < -0.39 is 0 Å².